The van der Waals surface area contributed by atoms with Gasteiger partial charge in [0, 0.05) is 17.8 Å². The molecule has 0 spiro atoms. The van der Waals surface area contributed by atoms with Crippen molar-refractivity contribution in [3.05, 3.63) is 28.3 Å². The maximum atomic E-state index is 11.5. The number of anilines is 2. The van der Waals surface area contributed by atoms with Crippen molar-refractivity contribution in [2.24, 2.45) is 0 Å². The minimum absolute atomic E-state index is 0.165. The van der Waals surface area contributed by atoms with E-state index in [0.717, 1.165) is 19.4 Å². The standard InChI is InChI=1S/C15H23N3O2S/c1-3-10-16-12-7-4-8-13(15(12)18(19)20)17-11-6-5-9-14(11)21-2/h4,7-8,11,14,16-17H,3,5-6,9-10H2,1-2H3. The number of nitrogens with one attached hydrogen (secondary N) is 2. The molecule has 0 bridgehead atoms. The normalized spacial score (nSPS) is 21.2. The van der Waals surface area contributed by atoms with Crippen LogP contribution in [0.1, 0.15) is 32.6 Å². The fraction of sp³-hybridized carbons (Fsp3) is 0.600. The van der Waals surface area contributed by atoms with Crippen LogP contribution in [-0.2, 0) is 0 Å². The van der Waals surface area contributed by atoms with Crippen LogP contribution >= 0.6 is 11.8 Å². The summed E-state index contributed by atoms with van der Waals surface area (Å²) in [6.45, 7) is 2.78. The summed E-state index contributed by atoms with van der Waals surface area (Å²) in [7, 11) is 0. The smallest absolute Gasteiger partial charge is 0.315 e. The first-order valence-electron chi connectivity index (χ1n) is 7.48. The first-order valence-corrected chi connectivity index (χ1v) is 8.76. The maximum Gasteiger partial charge on any atom is 0.315 e. The molecule has 2 unspecified atom stereocenters. The van der Waals surface area contributed by atoms with E-state index in [-0.39, 0.29) is 10.6 Å². The number of hydrogen-bond acceptors (Lipinski definition) is 5. The lowest BCUT2D eigenvalue weighted by Gasteiger charge is -2.21. The molecule has 5 nitrogen and oxygen atoms in total. The predicted molar refractivity (Wildman–Crippen MR) is 90.4 cm³/mol. The Kier molecular flexibility index (Phi) is 5.73. The average Bonchev–Trinajstić information content (AvgIpc) is 2.92. The van der Waals surface area contributed by atoms with Crippen LogP contribution in [0, 0.1) is 10.1 Å². The molecule has 0 aromatic heterocycles. The highest BCUT2D eigenvalue weighted by molar-refractivity contribution is 7.99. The van der Waals surface area contributed by atoms with Crippen molar-refractivity contribution in [2.45, 2.75) is 43.9 Å². The third-order valence-electron chi connectivity index (χ3n) is 3.88. The number of benzene rings is 1. The fourth-order valence-electron chi connectivity index (χ4n) is 2.83. The van der Waals surface area contributed by atoms with Crippen molar-refractivity contribution in [3.63, 3.8) is 0 Å². The van der Waals surface area contributed by atoms with Crippen LogP contribution < -0.4 is 10.6 Å². The summed E-state index contributed by atoms with van der Waals surface area (Å²) in [5.41, 5.74) is 1.40. The van der Waals surface area contributed by atoms with Gasteiger partial charge in [-0.25, -0.2) is 0 Å². The first-order chi connectivity index (χ1) is 10.2. The van der Waals surface area contributed by atoms with Crippen molar-refractivity contribution in [3.8, 4) is 0 Å². The molecule has 2 atom stereocenters. The van der Waals surface area contributed by atoms with Crippen molar-refractivity contribution < 1.29 is 4.92 Å². The quantitative estimate of drug-likeness (QED) is 0.586. The number of hydrogen-bond donors (Lipinski definition) is 2. The topological polar surface area (TPSA) is 67.2 Å². The summed E-state index contributed by atoms with van der Waals surface area (Å²) in [5, 5.41) is 18.5. The van der Waals surface area contributed by atoms with E-state index in [4.69, 9.17) is 0 Å². The molecule has 1 saturated carbocycles. The summed E-state index contributed by atoms with van der Waals surface area (Å²) in [6, 6.07) is 5.78. The number of thioether (sulfide) groups is 1. The van der Waals surface area contributed by atoms with E-state index in [9.17, 15) is 10.1 Å². The van der Waals surface area contributed by atoms with Crippen molar-refractivity contribution in [1.29, 1.82) is 0 Å². The molecule has 1 aliphatic rings. The van der Waals surface area contributed by atoms with Gasteiger partial charge in [-0.05, 0) is 37.7 Å². The SMILES string of the molecule is CCCNc1cccc(NC2CCCC2SC)c1[N+](=O)[O-]. The fourth-order valence-corrected chi connectivity index (χ4v) is 3.77. The van der Waals surface area contributed by atoms with Gasteiger partial charge in [0.2, 0.25) is 0 Å². The molecule has 21 heavy (non-hydrogen) atoms. The highest BCUT2D eigenvalue weighted by Crippen LogP contribution is 2.37. The number of nitrogens with zero attached hydrogens (tertiary/aromatic N) is 1. The molecule has 6 heteroatoms. The average molecular weight is 309 g/mol. The zero-order valence-corrected chi connectivity index (χ0v) is 13.4. The van der Waals surface area contributed by atoms with E-state index in [0.29, 0.717) is 22.7 Å². The molecule has 1 aliphatic carbocycles. The van der Waals surface area contributed by atoms with Crippen LogP contribution in [0.3, 0.4) is 0 Å². The molecule has 0 saturated heterocycles. The Morgan fingerprint density at radius 2 is 2.14 bits per heavy atom. The molecular formula is C15H23N3O2S. The van der Waals surface area contributed by atoms with Gasteiger partial charge >= 0.3 is 5.69 Å². The Balaban J connectivity index is 2.23. The molecule has 0 amide bonds. The Bertz CT molecular complexity index is 496. The van der Waals surface area contributed by atoms with Crippen molar-refractivity contribution in [2.75, 3.05) is 23.4 Å². The van der Waals surface area contributed by atoms with E-state index < -0.39 is 0 Å². The molecule has 0 radical (unpaired) electrons. The summed E-state index contributed by atoms with van der Waals surface area (Å²) in [4.78, 5) is 11.2. The van der Waals surface area contributed by atoms with Gasteiger partial charge in [-0.1, -0.05) is 19.4 Å². The highest BCUT2D eigenvalue weighted by atomic mass is 32.2. The van der Waals surface area contributed by atoms with Crippen LogP contribution in [0.4, 0.5) is 17.1 Å². The Hall–Kier alpha value is -1.43. The Labute approximate surface area is 130 Å². The molecule has 2 rings (SSSR count). The molecule has 116 valence electrons. The summed E-state index contributed by atoms with van der Waals surface area (Å²) in [6.07, 6.45) is 6.49. The second kappa shape index (κ2) is 7.54. The lowest BCUT2D eigenvalue weighted by Crippen LogP contribution is -2.26. The minimum atomic E-state index is -0.288. The zero-order valence-electron chi connectivity index (χ0n) is 12.6. The number of nitro groups is 1. The molecule has 1 fully saturated rings. The summed E-state index contributed by atoms with van der Waals surface area (Å²) in [5.74, 6) is 0. The van der Waals surface area contributed by atoms with Gasteiger partial charge in [0.15, 0.2) is 0 Å². The van der Waals surface area contributed by atoms with Crippen LogP contribution in [0.2, 0.25) is 0 Å². The molecule has 2 N–H and O–H groups in total. The van der Waals surface area contributed by atoms with Gasteiger partial charge in [0.05, 0.1) is 4.92 Å². The molecular weight excluding hydrogens is 286 g/mol. The zero-order chi connectivity index (χ0) is 15.2. The monoisotopic (exact) mass is 309 g/mol. The third-order valence-corrected chi connectivity index (χ3v) is 5.05. The second-order valence-corrected chi connectivity index (χ2v) is 6.42. The Morgan fingerprint density at radius 1 is 1.38 bits per heavy atom. The number of para-hydroxylation sites is 1. The molecule has 0 aliphatic heterocycles. The lowest BCUT2D eigenvalue weighted by molar-refractivity contribution is -0.383. The van der Waals surface area contributed by atoms with Gasteiger partial charge in [0.1, 0.15) is 11.4 Å². The Morgan fingerprint density at radius 3 is 2.81 bits per heavy atom. The van der Waals surface area contributed by atoms with E-state index in [1.54, 1.807) is 6.07 Å². The van der Waals surface area contributed by atoms with E-state index in [2.05, 4.69) is 16.9 Å². The second-order valence-electron chi connectivity index (χ2n) is 5.34. The highest BCUT2D eigenvalue weighted by Gasteiger charge is 2.29. The van der Waals surface area contributed by atoms with E-state index in [1.807, 2.05) is 30.8 Å². The van der Waals surface area contributed by atoms with Gasteiger partial charge in [0.25, 0.3) is 0 Å². The van der Waals surface area contributed by atoms with Crippen LogP contribution in [0.5, 0.6) is 0 Å². The van der Waals surface area contributed by atoms with Crippen molar-refractivity contribution >= 4 is 28.8 Å². The largest absolute Gasteiger partial charge is 0.379 e. The van der Waals surface area contributed by atoms with E-state index in [1.165, 1.54) is 12.8 Å². The molecule has 1 aromatic rings. The van der Waals surface area contributed by atoms with Crippen LogP contribution in [-0.4, -0.2) is 29.0 Å². The van der Waals surface area contributed by atoms with Gasteiger partial charge < -0.3 is 10.6 Å². The summed E-state index contributed by atoms with van der Waals surface area (Å²) >= 11 is 1.84. The predicted octanol–water partition coefficient (Wildman–Crippen LogP) is 4.11. The van der Waals surface area contributed by atoms with Crippen LogP contribution in [0.15, 0.2) is 18.2 Å². The minimum Gasteiger partial charge on any atom is -0.379 e. The molecule has 0 heterocycles. The first kappa shape index (κ1) is 15.9. The van der Waals surface area contributed by atoms with Crippen LogP contribution in [0.25, 0.3) is 0 Å². The van der Waals surface area contributed by atoms with E-state index >= 15 is 0 Å². The van der Waals surface area contributed by atoms with Crippen molar-refractivity contribution in [1.82, 2.24) is 0 Å². The molecule has 1 aromatic carbocycles. The van der Waals surface area contributed by atoms with Gasteiger partial charge in [-0.15, -0.1) is 0 Å². The summed E-state index contributed by atoms with van der Waals surface area (Å²) < 4.78 is 0. The van der Waals surface area contributed by atoms with Gasteiger partial charge in [-0.2, -0.15) is 11.8 Å². The van der Waals surface area contributed by atoms with Gasteiger partial charge in [-0.3, -0.25) is 10.1 Å². The maximum absolute atomic E-state index is 11.5. The number of nitro benzene ring substituents is 1. The lowest BCUT2D eigenvalue weighted by atomic mass is 10.2. The third kappa shape index (κ3) is 3.81. The number of rotatable bonds is 7.